The van der Waals surface area contributed by atoms with Crippen molar-refractivity contribution in [1.29, 1.82) is 0 Å². The van der Waals surface area contributed by atoms with Gasteiger partial charge in [-0.25, -0.2) is 4.79 Å². The Labute approximate surface area is 264 Å². The zero-order chi connectivity index (χ0) is 32.3. The Kier molecular flexibility index (Phi) is 11.2. The van der Waals surface area contributed by atoms with Gasteiger partial charge in [-0.05, 0) is 61.5 Å². The van der Waals surface area contributed by atoms with Crippen LogP contribution < -0.4 is 29.6 Å². The van der Waals surface area contributed by atoms with E-state index in [1.54, 1.807) is 79.3 Å². The number of benzene rings is 3. The van der Waals surface area contributed by atoms with Gasteiger partial charge in [-0.1, -0.05) is 11.8 Å². The van der Waals surface area contributed by atoms with Crippen LogP contribution in [0.25, 0.3) is 5.69 Å². The minimum absolute atomic E-state index is 0.000112. The van der Waals surface area contributed by atoms with Crippen molar-refractivity contribution in [2.45, 2.75) is 18.6 Å². The third kappa shape index (κ3) is 8.03. The number of amides is 2. The summed E-state index contributed by atoms with van der Waals surface area (Å²) >= 11 is 1.14. The highest BCUT2D eigenvalue weighted by Crippen LogP contribution is 2.32. The molecule has 0 saturated heterocycles. The molecule has 14 heteroatoms. The van der Waals surface area contributed by atoms with Crippen LogP contribution in [-0.2, 0) is 16.1 Å². The Morgan fingerprint density at radius 3 is 2.16 bits per heavy atom. The molecule has 0 saturated carbocycles. The molecule has 0 atom stereocenters. The fourth-order valence-electron chi connectivity index (χ4n) is 4.19. The van der Waals surface area contributed by atoms with Crippen LogP contribution in [0.3, 0.4) is 0 Å². The number of aromatic nitrogens is 3. The maximum Gasteiger partial charge on any atom is 0.338 e. The number of carbonyl (C=O) groups excluding carboxylic acids is 3. The van der Waals surface area contributed by atoms with Gasteiger partial charge < -0.3 is 34.3 Å². The minimum Gasteiger partial charge on any atom is -0.497 e. The molecule has 0 aliphatic rings. The van der Waals surface area contributed by atoms with Crippen LogP contribution in [0.5, 0.6) is 23.0 Å². The molecule has 0 spiro atoms. The summed E-state index contributed by atoms with van der Waals surface area (Å²) in [6.07, 6.45) is 0. The van der Waals surface area contributed by atoms with Crippen LogP contribution in [-0.4, -0.2) is 73.3 Å². The van der Waals surface area contributed by atoms with Gasteiger partial charge in [0, 0.05) is 17.3 Å². The van der Waals surface area contributed by atoms with Crippen LogP contribution in [0.2, 0.25) is 0 Å². The molecule has 0 fully saturated rings. The minimum atomic E-state index is -0.436. The summed E-state index contributed by atoms with van der Waals surface area (Å²) in [6, 6.07) is 16.5. The van der Waals surface area contributed by atoms with Gasteiger partial charge >= 0.3 is 5.97 Å². The molecule has 1 aromatic heterocycles. The SMILES string of the molecule is CCOC(=O)c1ccc(NC(=O)CSc2nnc(CNC(=O)c3ccc(OC)c(OC)c3)n2-c2cc(OC)ccc2OC)cc1. The number of carbonyl (C=O) groups is 3. The second kappa shape index (κ2) is 15.5. The average Bonchev–Trinajstić information content (AvgIpc) is 3.48. The number of methoxy groups -OCH3 is 4. The summed E-state index contributed by atoms with van der Waals surface area (Å²) in [5, 5.41) is 14.7. The Morgan fingerprint density at radius 1 is 0.800 bits per heavy atom. The van der Waals surface area contributed by atoms with E-state index in [0.29, 0.717) is 56.5 Å². The maximum atomic E-state index is 13.1. The highest BCUT2D eigenvalue weighted by atomic mass is 32.2. The fourth-order valence-corrected chi connectivity index (χ4v) is 4.96. The number of nitrogens with one attached hydrogen (secondary N) is 2. The molecule has 1 heterocycles. The molecule has 0 radical (unpaired) electrons. The summed E-state index contributed by atoms with van der Waals surface area (Å²) < 4.78 is 28.3. The molecular weight excluding hydrogens is 602 g/mol. The van der Waals surface area contributed by atoms with Crippen LogP contribution >= 0.6 is 11.8 Å². The molecule has 0 bridgehead atoms. The first-order valence-corrected chi connectivity index (χ1v) is 14.7. The molecule has 2 N–H and O–H groups in total. The maximum absolute atomic E-state index is 13.1. The Balaban J connectivity index is 1.54. The number of anilines is 1. The molecule has 4 aromatic rings. The van der Waals surface area contributed by atoms with Crippen molar-refractivity contribution in [2.75, 3.05) is 46.1 Å². The van der Waals surface area contributed by atoms with E-state index in [4.69, 9.17) is 23.7 Å². The number of hydrogen-bond acceptors (Lipinski definition) is 11. The Morgan fingerprint density at radius 2 is 1.49 bits per heavy atom. The monoisotopic (exact) mass is 635 g/mol. The van der Waals surface area contributed by atoms with Gasteiger partial charge in [-0.3, -0.25) is 14.2 Å². The zero-order valence-corrected chi connectivity index (χ0v) is 26.2. The molecule has 0 aliphatic heterocycles. The van der Waals surface area contributed by atoms with Gasteiger partial charge in [-0.2, -0.15) is 0 Å². The smallest absolute Gasteiger partial charge is 0.338 e. The number of thioether (sulfide) groups is 1. The van der Waals surface area contributed by atoms with E-state index in [9.17, 15) is 14.4 Å². The number of esters is 1. The average molecular weight is 636 g/mol. The van der Waals surface area contributed by atoms with Crippen LogP contribution in [0.15, 0.2) is 65.8 Å². The lowest BCUT2D eigenvalue weighted by Crippen LogP contribution is -2.25. The lowest BCUT2D eigenvalue weighted by atomic mass is 10.2. The van der Waals surface area contributed by atoms with E-state index in [-0.39, 0.29) is 30.7 Å². The number of hydrogen-bond donors (Lipinski definition) is 2. The van der Waals surface area contributed by atoms with Gasteiger partial charge in [0.15, 0.2) is 22.5 Å². The van der Waals surface area contributed by atoms with Crippen molar-refractivity contribution < 1.29 is 38.1 Å². The largest absolute Gasteiger partial charge is 0.497 e. The predicted molar refractivity (Wildman–Crippen MR) is 167 cm³/mol. The van der Waals surface area contributed by atoms with Gasteiger partial charge in [0.1, 0.15) is 11.5 Å². The second-order valence-corrected chi connectivity index (χ2v) is 10.1. The van der Waals surface area contributed by atoms with Crippen LogP contribution in [0, 0.1) is 0 Å². The molecule has 45 heavy (non-hydrogen) atoms. The van der Waals surface area contributed by atoms with E-state index < -0.39 is 5.97 Å². The topological polar surface area (TPSA) is 152 Å². The quantitative estimate of drug-likeness (QED) is 0.152. The third-order valence-corrected chi connectivity index (χ3v) is 7.32. The number of ether oxygens (including phenoxy) is 5. The van der Waals surface area contributed by atoms with Crippen LogP contribution in [0.1, 0.15) is 33.5 Å². The zero-order valence-electron chi connectivity index (χ0n) is 25.4. The summed E-state index contributed by atoms with van der Waals surface area (Å²) in [5.74, 6) is 1.23. The predicted octanol–water partition coefficient (Wildman–Crippen LogP) is 4.14. The van der Waals surface area contributed by atoms with E-state index in [1.165, 1.54) is 21.3 Å². The summed E-state index contributed by atoms with van der Waals surface area (Å²) in [7, 11) is 6.08. The first kappa shape index (κ1) is 32.7. The third-order valence-electron chi connectivity index (χ3n) is 6.39. The lowest BCUT2D eigenvalue weighted by Gasteiger charge is -2.15. The van der Waals surface area contributed by atoms with Gasteiger partial charge in [0.25, 0.3) is 5.91 Å². The van der Waals surface area contributed by atoms with E-state index in [0.717, 1.165) is 11.8 Å². The normalized spacial score (nSPS) is 10.5. The first-order valence-electron chi connectivity index (χ1n) is 13.7. The molecule has 13 nitrogen and oxygen atoms in total. The van der Waals surface area contributed by atoms with Crippen molar-refractivity contribution in [2.24, 2.45) is 0 Å². The molecule has 3 aromatic carbocycles. The summed E-state index contributed by atoms with van der Waals surface area (Å²) in [4.78, 5) is 37.8. The molecule has 236 valence electrons. The fraction of sp³-hybridized carbons (Fsp3) is 0.258. The van der Waals surface area contributed by atoms with Crippen molar-refractivity contribution in [3.8, 4) is 28.7 Å². The molecular formula is C31H33N5O8S. The highest BCUT2D eigenvalue weighted by molar-refractivity contribution is 7.99. The standard InChI is InChI=1S/C31H33N5O8S/c1-6-44-30(39)19-7-10-21(11-8-19)33-28(37)18-45-31-35-34-27(36(31)23-16-22(40-2)12-14-24(23)41-3)17-32-29(38)20-9-13-25(42-4)26(15-20)43-5/h7-16H,6,17-18H2,1-5H3,(H,32,38)(H,33,37). The number of rotatable bonds is 14. The molecule has 4 rings (SSSR count). The van der Waals surface area contributed by atoms with Gasteiger partial charge in [0.05, 0.1) is 58.6 Å². The second-order valence-electron chi connectivity index (χ2n) is 9.16. The summed E-state index contributed by atoms with van der Waals surface area (Å²) in [6.45, 7) is 2.00. The van der Waals surface area contributed by atoms with E-state index in [2.05, 4.69) is 20.8 Å². The Bertz CT molecular complexity index is 1660. The lowest BCUT2D eigenvalue weighted by molar-refractivity contribution is -0.113. The van der Waals surface area contributed by atoms with Crippen molar-refractivity contribution in [3.05, 3.63) is 77.6 Å². The van der Waals surface area contributed by atoms with Gasteiger partial charge in [-0.15, -0.1) is 10.2 Å². The Hall–Kier alpha value is -5.24. The molecule has 0 unspecified atom stereocenters. The number of nitrogens with zero attached hydrogens (tertiary/aromatic N) is 3. The van der Waals surface area contributed by atoms with E-state index >= 15 is 0 Å². The molecule has 0 aliphatic carbocycles. The van der Waals surface area contributed by atoms with Crippen molar-refractivity contribution in [1.82, 2.24) is 20.1 Å². The van der Waals surface area contributed by atoms with Crippen LogP contribution in [0.4, 0.5) is 5.69 Å². The van der Waals surface area contributed by atoms with Crippen molar-refractivity contribution >= 4 is 35.2 Å². The highest BCUT2D eigenvalue weighted by Gasteiger charge is 2.21. The van der Waals surface area contributed by atoms with E-state index in [1.807, 2.05) is 0 Å². The molecule has 2 amide bonds. The van der Waals surface area contributed by atoms with Crippen molar-refractivity contribution in [3.63, 3.8) is 0 Å². The van der Waals surface area contributed by atoms with Gasteiger partial charge in [0.2, 0.25) is 5.91 Å². The first-order chi connectivity index (χ1) is 21.8. The summed E-state index contributed by atoms with van der Waals surface area (Å²) in [5.41, 5.74) is 1.81.